The molecule has 2 fully saturated rings. The molecule has 0 bridgehead atoms. The summed E-state index contributed by atoms with van der Waals surface area (Å²) in [6.45, 7) is 9.40. The second-order valence-corrected chi connectivity index (χ2v) is 7.67. The summed E-state index contributed by atoms with van der Waals surface area (Å²) < 4.78 is 11.1. The zero-order valence-corrected chi connectivity index (χ0v) is 13.1. The van der Waals surface area contributed by atoms with Crippen molar-refractivity contribution in [1.29, 1.82) is 0 Å². The highest BCUT2D eigenvalue weighted by atomic mass is 16.7. The fraction of sp³-hybridized carbons (Fsp3) is 0.824. The van der Waals surface area contributed by atoms with Crippen LogP contribution in [0.25, 0.3) is 0 Å². The van der Waals surface area contributed by atoms with Crippen molar-refractivity contribution in [3.8, 4) is 0 Å². The van der Waals surface area contributed by atoms with Crippen molar-refractivity contribution in [2.75, 3.05) is 6.61 Å². The minimum absolute atomic E-state index is 0.257. The number of esters is 1. The van der Waals surface area contributed by atoms with Gasteiger partial charge in [0.2, 0.25) is 6.29 Å². The highest BCUT2D eigenvalue weighted by molar-refractivity contribution is 5.66. The van der Waals surface area contributed by atoms with Crippen molar-refractivity contribution in [1.82, 2.24) is 0 Å². The van der Waals surface area contributed by atoms with Gasteiger partial charge in [-0.05, 0) is 41.6 Å². The first-order valence-electron chi connectivity index (χ1n) is 7.83. The first-order chi connectivity index (χ1) is 9.34. The summed E-state index contributed by atoms with van der Waals surface area (Å²) in [6.07, 6.45) is 6.83. The molecule has 0 aromatic rings. The number of carbonyl (C=O) groups excluding carboxylic acids is 1. The molecule has 0 amide bonds. The zero-order valence-electron chi connectivity index (χ0n) is 13.1. The minimum atomic E-state index is -0.430. The molecule has 20 heavy (non-hydrogen) atoms. The number of ether oxygens (including phenoxy) is 2. The third-order valence-corrected chi connectivity index (χ3v) is 6.02. The molecule has 3 nitrogen and oxygen atoms in total. The van der Waals surface area contributed by atoms with Crippen molar-refractivity contribution < 1.29 is 14.3 Å². The molecule has 2 aliphatic carbocycles. The van der Waals surface area contributed by atoms with Gasteiger partial charge in [-0.1, -0.05) is 33.3 Å². The number of fused-ring (bicyclic) bond motifs is 3. The highest BCUT2D eigenvalue weighted by Gasteiger charge is 2.55. The van der Waals surface area contributed by atoms with E-state index >= 15 is 0 Å². The van der Waals surface area contributed by atoms with Gasteiger partial charge in [0.15, 0.2) is 0 Å². The van der Waals surface area contributed by atoms with Gasteiger partial charge in [-0.25, -0.2) is 0 Å². The molecule has 4 atom stereocenters. The molecule has 0 unspecified atom stereocenters. The summed E-state index contributed by atoms with van der Waals surface area (Å²) >= 11 is 0. The van der Waals surface area contributed by atoms with Crippen molar-refractivity contribution in [3.63, 3.8) is 0 Å². The Morgan fingerprint density at radius 1 is 1.35 bits per heavy atom. The quantitative estimate of drug-likeness (QED) is 0.542. The first-order valence-corrected chi connectivity index (χ1v) is 7.83. The van der Waals surface area contributed by atoms with Crippen LogP contribution >= 0.6 is 0 Å². The van der Waals surface area contributed by atoms with Gasteiger partial charge in [-0.3, -0.25) is 4.79 Å². The number of allylic oxidation sites excluding steroid dienone is 1. The molecule has 0 aromatic carbocycles. The van der Waals surface area contributed by atoms with Gasteiger partial charge in [0.1, 0.15) is 0 Å². The van der Waals surface area contributed by atoms with Crippen molar-refractivity contribution in [2.45, 2.75) is 59.7 Å². The van der Waals surface area contributed by atoms with Crippen LogP contribution in [0.4, 0.5) is 0 Å². The van der Waals surface area contributed by atoms with Crippen LogP contribution < -0.4 is 0 Å². The average molecular weight is 278 g/mol. The molecule has 3 rings (SSSR count). The predicted molar refractivity (Wildman–Crippen MR) is 76.9 cm³/mol. The first kappa shape index (κ1) is 14.1. The number of hydrogen-bond acceptors (Lipinski definition) is 3. The Hall–Kier alpha value is -0.830. The summed E-state index contributed by atoms with van der Waals surface area (Å²) in [7, 11) is 0. The SMILES string of the molecule is CC(=O)O[C@@H]1OC[C@H]2C1=CC[C@H]1C(C)(C)CCC[C@]21C. The van der Waals surface area contributed by atoms with Crippen LogP contribution in [0.2, 0.25) is 0 Å². The highest BCUT2D eigenvalue weighted by Crippen LogP contribution is 2.61. The van der Waals surface area contributed by atoms with E-state index in [0.717, 1.165) is 6.42 Å². The lowest BCUT2D eigenvalue weighted by Crippen LogP contribution is -2.49. The van der Waals surface area contributed by atoms with Gasteiger partial charge in [0.05, 0.1) is 6.61 Å². The van der Waals surface area contributed by atoms with E-state index in [9.17, 15) is 4.79 Å². The van der Waals surface area contributed by atoms with E-state index in [1.807, 2.05) is 0 Å². The van der Waals surface area contributed by atoms with E-state index < -0.39 is 6.29 Å². The monoisotopic (exact) mass is 278 g/mol. The Morgan fingerprint density at radius 2 is 2.10 bits per heavy atom. The Kier molecular flexibility index (Phi) is 3.24. The maximum atomic E-state index is 11.2. The van der Waals surface area contributed by atoms with Gasteiger partial charge in [-0.15, -0.1) is 0 Å². The van der Waals surface area contributed by atoms with Gasteiger partial charge in [0, 0.05) is 12.8 Å². The Bertz CT molecular complexity index is 451. The van der Waals surface area contributed by atoms with E-state index in [1.54, 1.807) is 0 Å². The van der Waals surface area contributed by atoms with E-state index in [4.69, 9.17) is 9.47 Å². The molecule has 0 aromatic heterocycles. The van der Waals surface area contributed by atoms with Gasteiger partial charge in [-0.2, -0.15) is 0 Å². The maximum absolute atomic E-state index is 11.2. The van der Waals surface area contributed by atoms with Gasteiger partial charge >= 0.3 is 5.97 Å². The molecule has 1 saturated heterocycles. The van der Waals surface area contributed by atoms with E-state index in [2.05, 4.69) is 26.8 Å². The molecule has 0 radical (unpaired) electrons. The van der Waals surface area contributed by atoms with E-state index in [1.165, 1.54) is 31.8 Å². The summed E-state index contributed by atoms with van der Waals surface area (Å²) in [5.41, 5.74) is 1.91. The van der Waals surface area contributed by atoms with Crippen LogP contribution in [0.5, 0.6) is 0 Å². The van der Waals surface area contributed by atoms with E-state index in [0.29, 0.717) is 29.3 Å². The second kappa shape index (κ2) is 4.59. The van der Waals surface area contributed by atoms with Crippen LogP contribution in [0.15, 0.2) is 11.6 Å². The summed E-state index contributed by atoms with van der Waals surface area (Å²) in [6, 6.07) is 0. The molecular formula is C17H26O3. The molecule has 112 valence electrons. The fourth-order valence-electron chi connectivity index (χ4n) is 5.03. The maximum Gasteiger partial charge on any atom is 0.305 e. The molecule has 1 heterocycles. The van der Waals surface area contributed by atoms with Crippen LogP contribution in [-0.4, -0.2) is 18.9 Å². The average Bonchev–Trinajstić information content (AvgIpc) is 2.72. The summed E-state index contributed by atoms with van der Waals surface area (Å²) in [5.74, 6) is 0.871. The molecule has 1 aliphatic heterocycles. The molecule has 3 aliphatic rings. The second-order valence-electron chi connectivity index (χ2n) is 7.67. The van der Waals surface area contributed by atoms with Crippen LogP contribution in [-0.2, 0) is 14.3 Å². The van der Waals surface area contributed by atoms with Crippen molar-refractivity contribution in [3.05, 3.63) is 11.6 Å². The lowest BCUT2D eigenvalue weighted by molar-refractivity contribution is -0.162. The third kappa shape index (κ3) is 2.02. The predicted octanol–water partition coefficient (Wildman–Crippen LogP) is 3.68. The summed E-state index contributed by atoms with van der Waals surface area (Å²) in [5, 5.41) is 0. The van der Waals surface area contributed by atoms with Gasteiger partial charge < -0.3 is 9.47 Å². The van der Waals surface area contributed by atoms with E-state index in [-0.39, 0.29) is 5.97 Å². The van der Waals surface area contributed by atoms with Crippen molar-refractivity contribution in [2.24, 2.45) is 22.7 Å². The zero-order chi connectivity index (χ0) is 14.5. The lowest BCUT2D eigenvalue weighted by atomic mass is 9.49. The molecular weight excluding hydrogens is 252 g/mol. The minimum Gasteiger partial charge on any atom is -0.432 e. The Balaban J connectivity index is 1.91. The van der Waals surface area contributed by atoms with Gasteiger partial charge in [0.25, 0.3) is 0 Å². The van der Waals surface area contributed by atoms with Crippen LogP contribution in [0.3, 0.4) is 0 Å². The Labute approximate surface area is 121 Å². The topological polar surface area (TPSA) is 35.5 Å². The fourth-order valence-corrected chi connectivity index (χ4v) is 5.03. The molecule has 1 saturated carbocycles. The smallest absolute Gasteiger partial charge is 0.305 e. The number of rotatable bonds is 1. The molecule has 0 N–H and O–H groups in total. The van der Waals surface area contributed by atoms with Crippen LogP contribution in [0.1, 0.15) is 53.4 Å². The molecule has 3 heteroatoms. The number of hydrogen-bond donors (Lipinski definition) is 0. The molecule has 0 spiro atoms. The van der Waals surface area contributed by atoms with Crippen molar-refractivity contribution >= 4 is 5.97 Å². The third-order valence-electron chi connectivity index (χ3n) is 6.02. The van der Waals surface area contributed by atoms with Crippen LogP contribution in [0, 0.1) is 22.7 Å². The normalized spacial score (nSPS) is 42.4. The largest absolute Gasteiger partial charge is 0.432 e. The summed E-state index contributed by atoms with van der Waals surface area (Å²) in [4.78, 5) is 11.2. The lowest BCUT2D eigenvalue weighted by Gasteiger charge is -2.55. The Morgan fingerprint density at radius 3 is 2.80 bits per heavy atom. The number of carbonyl (C=O) groups is 1. The standard InChI is InChI=1S/C17H26O3/c1-11(18)20-15-12-6-7-14-16(2,3)8-5-9-17(14,4)13(12)10-19-15/h6,13-15H,5,7-10H2,1-4H3/t13-,14-,15-,17+/m0/s1.